The molecule has 0 radical (unpaired) electrons. The second-order valence-electron chi connectivity index (χ2n) is 4.49. The molecule has 3 rings (SSSR count). The van der Waals surface area contributed by atoms with Crippen LogP contribution in [0.5, 0.6) is 11.5 Å². The number of H-pyrrole nitrogens is 1. The molecule has 4 nitrogen and oxygen atoms in total. The van der Waals surface area contributed by atoms with Crippen LogP contribution in [0.4, 0.5) is 0 Å². The van der Waals surface area contributed by atoms with Crippen molar-refractivity contribution in [2.45, 2.75) is 25.2 Å². The van der Waals surface area contributed by atoms with Gasteiger partial charge >= 0.3 is 0 Å². The molecule has 0 saturated heterocycles. The average Bonchev–Trinajstić information content (AvgIpc) is 2.83. The van der Waals surface area contributed by atoms with Crippen LogP contribution in [-0.2, 0) is 6.42 Å². The molecule has 1 aliphatic carbocycles. The molecule has 18 heavy (non-hydrogen) atoms. The zero-order chi connectivity index (χ0) is 11.8. The number of fused-ring (bicyclic) bond motifs is 1. The van der Waals surface area contributed by atoms with Crippen molar-refractivity contribution in [2.24, 2.45) is 0 Å². The van der Waals surface area contributed by atoms with Crippen molar-refractivity contribution >= 4 is 12.4 Å². The van der Waals surface area contributed by atoms with Gasteiger partial charge in [-0.3, -0.25) is 0 Å². The maximum Gasteiger partial charge on any atom is 0.157 e. The number of hydrogen-bond donors (Lipinski definition) is 3. The number of benzene rings is 1. The van der Waals surface area contributed by atoms with Crippen LogP contribution in [-0.4, -0.2) is 20.2 Å². The van der Waals surface area contributed by atoms with Crippen LogP contribution in [0.25, 0.3) is 0 Å². The monoisotopic (exact) mass is 266 g/mol. The van der Waals surface area contributed by atoms with Gasteiger partial charge in [-0.2, -0.15) is 0 Å². The summed E-state index contributed by atoms with van der Waals surface area (Å²) in [6.45, 7) is 0. The van der Waals surface area contributed by atoms with Gasteiger partial charge in [-0.1, -0.05) is 0 Å². The van der Waals surface area contributed by atoms with E-state index < -0.39 is 0 Å². The first-order valence-electron chi connectivity index (χ1n) is 5.78. The summed E-state index contributed by atoms with van der Waals surface area (Å²) < 4.78 is 0. The lowest BCUT2D eigenvalue weighted by molar-refractivity contribution is 0.400. The Morgan fingerprint density at radius 1 is 1.22 bits per heavy atom. The predicted octanol–water partition coefficient (Wildman–Crippen LogP) is 2.71. The van der Waals surface area contributed by atoms with Gasteiger partial charge < -0.3 is 15.2 Å². The van der Waals surface area contributed by atoms with E-state index in [9.17, 15) is 10.2 Å². The summed E-state index contributed by atoms with van der Waals surface area (Å²) in [6.07, 6.45) is 6.57. The Kier molecular flexibility index (Phi) is 3.48. The fourth-order valence-corrected chi connectivity index (χ4v) is 2.61. The summed E-state index contributed by atoms with van der Waals surface area (Å²) in [5.74, 6) is 0.164. The number of halogens is 1. The minimum Gasteiger partial charge on any atom is -0.504 e. The number of phenols is 2. The van der Waals surface area contributed by atoms with Crippen LogP contribution in [0.15, 0.2) is 24.7 Å². The third kappa shape index (κ3) is 2.04. The van der Waals surface area contributed by atoms with Gasteiger partial charge in [0.15, 0.2) is 11.5 Å². The molecule has 1 aromatic heterocycles. The van der Waals surface area contributed by atoms with Gasteiger partial charge in [-0.05, 0) is 42.5 Å². The topological polar surface area (TPSA) is 69.1 Å². The number of aryl methyl sites for hydroxylation is 1. The Balaban J connectivity index is 0.00000120. The van der Waals surface area contributed by atoms with Crippen molar-refractivity contribution in [3.8, 4) is 11.5 Å². The van der Waals surface area contributed by atoms with E-state index in [0.29, 0.717) is 0 Å². The van der Waals surface area contributed by atoms with Crippen molar-refractivity contribution in [1.29, 1.82) is 0 Å². The Morgan fingerprint density at radius 2 is 2.00 bits per heavy atom. The minimum atomic E-state index is -0.0461. The molecule has 0 amide bonds. The molecule has 0 spiro atoms. The van der Waals surface area contributed by atoms with Gasteiger partial charge in [0.05, 0.1) is 6.33 Å². The van der Waals surface area contributed by atoms with E-state index in [-0.39, 0.29) is 29.8 Å². The van der Waals surface area contributed by atoms with Gasteiger partial charge in [0.1, 0.15) is 0 Å². The van der Waals surface area contributed by atoms with Crippen molar-refractivity contribution in [2.75, 3.05) is 0 Å². The standard InChI is InChI=1S/C13H14N2O2.ClH/c16-12-4-8-2-1-3-9(10(8)5-13(12)17)11-6-14-7-15-11;/h4-7,9,16-17H,1-3H2,(H,14,15);1H. The van der Waals surface area contributed by atoms with Gasteiger partial charge in [-0.15, -0.1) is 12.4 Å². The maximum atomic E-state index is 9.61. The molecule has 1 aliphatic rings. The number of nitrogens with one attached hydrogen (secondary N) is 1. The molecule has 0 fully saturated rings. The second-order valence-corrected chi connectivity index (χ2v) is 4.49. The summed E-state index contributed by atoms with van der Waals surface area (Å²) in [6, 6.07) is 3.35. The van der Waals surface area contributed by atoms with Crippen LogP contribution < -0.4 is 0 Å². The Morgan fingerprint density at radius 3 is 2.72 bits per heavy atom. The molecule has 1 heterocycles. The highest BCUT2D eigenvalue weighted by atomic mass is 35.5. The van der Waals surface area contributed by atoms with E-state index >= 15 is 0 Å². The maximum absolute atomic E-state index is 9.61. The highest BCUT2D eigenvalue weighted by Crippen LogP contribution is 2.40. The number of hydrogen-bond acceptors (Lipinski definition) is 3. The number of aromatic amines is 1. The first-order valence-corrected chi connectivity index (χ1v) is 5.78. The van der Waals surface area contributed by atoms with E-state index in [2.05, 4.69) is 9.97 Å². The molecule has 1 unspecified atom stereocenters. The van der Waals surface area contributed by atoms with Gasteiger partial charge in [0, 0.05) is 17.8 Å². The molecule has 2 aromatic rings. The van der Waals surface area contributed by atoms with Crippen LogP contribution in [0.3, 0.4) is 0 Å². The SMILES string of the molecule is Cl.Oc1cc2c(cc1O)C(c1cnc[nH]1)CCC2. The third-order valence-electron chi connectivity index (χ3n) is 3.45. The summed E-state index contributed by atoms with van der Waals surface area (Å²) in [5, 5.41) is 19.1. The first-order chi connectivity index (χ1) is 8.25. The number of imidazole rings is 1. The number of aromatic hydroxyl groups is 2. The van der Waals surface area contributed by atoms with E-state index in [0.717, 1.165) is 36.1 Å². The third-order valence-corrected chi connectivity index (χ3v) is 3.45. The molecule has 1 atom stereocenters. The zero-order valence-electron chi connectivity index (χ0n) is 9.76. The van der Waals surface area contributed by atoms with Crippen LogP contribution in [0.2, 0.25) is 0 Å². The molecule has 3 N–H and O–H groups in total. The lowest BCUT2D eigenvalue weighted by Crippen LogP contribution is -2.11. The second kappa shape index (κ2) is 4.90. The molecule has 0 bridgehead atoms. The van der Waals surface area contributed by atoms with Crippen LogP contribution >= 0.6 is 12.4 Å². The Labute approximate surface area is 111 Å². The average molecular weight is 267 g/mol. The van der Waals surface area contributed by atoms with Crippen molar-refractivity contribution < 1.29 is 10.2 Å². The minimum absolute atomic E-state index is 0. The molecule has 0 saturated carbocycles. The lowest BCUT2D eigenvalue weighted by Gasteiger charge is -2.25. The Bertz CT molecular complexity index is 540. The quantitative estimate of drug-likeness (QED) is 0.695. The zero-order valence-corrected chi connectivity index (χ0v) is 10.6. The van der Waals surface area contributed by atoms with Crippen molar-refractivity contribution in [1.82, 2.24) is 9.97 Å². The van der Waals surface area contributed by atoms with Gasteiger partial charge in [-0.25, -0.2) is 4.98 Å². The molecule has 5 heteroatoms. The summed E-state index contributed by atoms with van der Waals surface area (Å²) in [5.41, 5.74) is 3.28. The number of rotatable bonds is 1. The molecular formula is C13H15ClN2O2. The van der Waals surface area contributed by atoms with E-state index in [1.165, 1.54) is 0 Å². The summed E-state index contributed by atoms with van der Waals surface area (Å²) >= 11 is 0. The van der Waals surface area contributed by atoms with E-state index in [4.69, 9.17) is 0 Å². The van der Waals surface area contributed by atoms with Crippen LogP contribution in [0.1, 0.15) is 35.6 Å². The molecule has 0 aliphatic heterocycles. The predicted molar refractivity (Wildman–Crippen MR) is 70.4 cm³/mol. The fourth-order valence-electron chi connectivity index (χ4n) is 2.61. The first kappa shape index (κ1) is 12.8. The van der Waals surface area contributed by atoms with Crippen molar-refractivity contribution in [3.63, 3.8) is 0 Å². The van der Waals surface area contributed by atoms with Gasteiger partial charge in [0.25, 0.3) is 0 Å². The number of aromatic nitrogens is 2. The number of phenolic OH excluding ortho intramolecular Hbond substituents is 2. The molecule has 1 aromatic carbocycles. The van der Waals surface area contributed by atoms with Crippen LogP contribution in [0, 0.1) is 0 Å². The summed E-state index contributed by atoms with van der Waals surface area (Å²) in [7, 11) is 0. The highest BCUT2D eigenvalue weighted by molar-refractivity contribution is 5.85. The Hall–Kier alpha value is -1.68. The van der Waals surface area contributed by atoms with Crippen molar-refractivity contribution in [3.05, 3.63) is 41.5 Å². The smallest absolute Gasteiger partial charge is 0.157 e. The van der Waals surface area contributed by atoms with E-state index in [1.54, 1.807) is 18.5 Å². The fraction of sp³-hybridized carbons (Fsp3) is 0.308. The lowest BCUT2D eigenvalue weighted by atomic mass is 9.81. The van der Waals surface area contributed by atoms with E-state index in [1.807, 2.05) is 6.20 Å². The molecule has 96 valence electrons. The number of nitrogens with zero attached hydrogens (tertiary/aromatic N) is 1. The van der Waals surface area contributed by atoms with Gasteiger partial charge in [0.2, 0.25) is 0 Å². The largest absolute Gasteiger partial charge is 0.504 e. The highest BCUT2D eigenvalue weighted by Gasteiger charge is 2.24. The summed E-state index contributed by atoms with van der Waals surface area (Å²) in [4.78, 5) is 7.17. The normalized spacial score (nSPS) is 17.9. The molecular weight excluding hydrogens is 252 g/mol.